The van der Waals surface area contributed by atoms with Crippen molar-refractivity contribution in [1.29, 1.82) is 0 Å². The summed E-state index contributed by atoms with van der Waals surface area (Å²) >= 11 is 0. The molecule has 2 aliphatic rings. The summed E-state index contributed by atoms with van der Waals surface area (Å²) in [6, 6.07) is 12.9. The zero-order chi connectivity index (χ0) is 25.7. The van der Waals surface area contributed by atoms with Crippen molar-refractivity contribution in [2.24, 2.45) is 5.92 Å². The van der Waals surface area contributed by atoms with Crippen LogP contribution in [0.1, 0.15) is 56.2 Å². The number of hydrogen-bond acceptors (Lipinski definition) is 6. The molecule has 8 heteroatoms. The molecule has 1 amide bonds. The first-order valence-corrected chi connectivity index (χ1v) is 12.7. The van der Waals surface area contributed by atoms with Crippen LogP contribution in [-0.4, -0.2) is 66.9 Å². The molecule has 2 heterocycles. The Balaban J connectivity index is 1.64. The number of hydrogen-bond donors (Lipinski definition) is 1. The molecule has 0 saturated carbocycles. The largest absolute Gasteiger partial charge is 0.497 e. The third-order valence-electron chi connectivity index (χ3n) is 7.12. The Kier molecular flexibility index (Phi) is 8.36. The third kappa shape index (κ3) is 5.43. The molecule has 0 unspecified atom stereocenters. The number of benzene rings is 2. The maximum Gasteiger partial charge on any atom is 0.309 e. The monoisotopic (exact) mass is 496 g/mol. The van der Waals surface area contributed by atoms with Gasteiger partial charge in [-0.05, 0) is 48.2 Å². The van der Waals surface area contributed by atoms with E-state index in [0.717, 1.165) is 37.1 Å². The Labute approximate surface area is 212 Å². The number of carboxylic acid groups (broad SMARTS) is 1. The predicted molar refractivity (Wildman–Crippen MR) is 136 cm³/mol. The minimum absolute atomic E-state index is 0.116. The Hall–Kier alpha value is -3.26. The van der Waals surface area contributed by atoms with Gasteiger partial charge in [-0.15, -0.1) is 0 Å². The van der Waals surface area contributed by atoms with Crippen LogP contribution in [0.3, 0.4) is 0 Å². The van der Waals surface area contributed by atoms with Gasteiger partial charge in [0.2, 0.25) is 12.7 Å². The van der Waals surface area contributed by atoms with Crippen molar-refractivity contribution in [2.75, 3.05) is 40.1 Å². The fourth-order valence-corrected chi connectivity index (χ4v) is 5.44. The molecule has 0 spiro atoms. The number of rotatable bonds is 11. The van der Waals surface area contributed by atoms with Gasteiger partial charge >= 0.3 is 5.97 Å². The quantitative estimate of drug-likeness (QED) is 0.496. The van der Waals surface area contributed by atoms with Gasteiger partial charge < -0.3 is 24.2 Å². The van der Waals surface area contributed by atoms with E-state index in [-0.39, 0.29) is 24.7 Å². The number of nitrogens with zero attached hydrogens (tertiary/aromatic N) is 2. The summed E-state index contributed by atoms with van der Waals surface area (Å²) in [7, 11) is 1.61. The average Bonchev–Trinajstić information content (AvgIpc) is 3.51. The van der Waals surface area contributed by atoms with Crippen molar-refractivity contribution in [3.63, 3.8) is 0 Å². The normalized spacial score (nSPS) is 20.9. The van der Waals surface area contributed by atoms with E-state index in [1.165, 1.54) is 0 Å². The molecule has 0 radical (unpaired) electrons. The highest BCUT2D eigenvalue weighted by molar-refractivity contribution is 5.76. The van der Waals surface area contributed by atoms with Crippen LogP contribution in [0.5, 0.6) is 17.2 Å². The van der Waals surface area contributed by atoms with E-state index in [4.69, 9.17) is 14.2 Å². The fraction of sp³-hybridized carbons (Fsp3) is 0.500. The number of amides is 1. The summed E-state index contributed by atoms with van der Waals surface area (Å²) in [6.45, 7) is 6.82. The van der Waals surface area contributed by atoms with Crippen LogP contribution in [-0.2, 0) is 9.59 Å². The molecule has 1 fully saturated rings. The van der Waals surface area contributed by atoms with Crippen molar-refractivity contribution in [1.82, 2.24) is 9.80 Å². The first kappa shape index (κ1) is 25.8. The molecular formula is C28H36N2O6. The number of carboxylic acids is 1. The van der Waals surface area contributed by atoms with E-state index in [0.29, 0.717) is 36.8 Å². The zero-order valence-electron chi connectivity index (χ0n) is 21.3. The molecule has 1 N–H and O–H groups in total. The van der Waals surface area contributed by atoms with Crippen molar-refractivity contribution in [2.45, 2.75) is 45.1 Å². The van der Waals surface area contributed by atoms with Crippen LogP contribution in [0.4, 0.5) is 0 Å². The molecule has 3 atom stereocenters. The molecular weight excluding hydrogens is 460 g/mol. The zero-order valence-corrected chi connectivity index (χ0v) is 21.3. The summed E-state index contributed by atoms with van der Waals surface area (Å²) in [5, 5.41) is 10.4. The van der Waals surface area contributed by atoms with Crippen LogP contribution in [0.2, 0.25) is 0 Å². The molecule has 2 aliphatic heterocycles. The molecule has 0 aromatic heterocycles. The van der Waals surface area contributed by atoms with Gasteiger partial charge in [-0.3, -0.25) is 14.5 Å². The van der Waals surface area contributed by atoms with Gasteiger partial charge in [0.05, 0.1) is 13.0 Å². The van der Waals surface area contributed by atoms with Crippen LogP contribution in [0.25, 0.3) is 0 Å². The number of ether oxygens (including phenoxy) is 3. The molecule has 8 nitrogen and oxygen atoms in total. The molecule has 1 saturated heterocycles. The lowest BCUT2D eigenvalue weighted by Gasteiger charge is -2.28. The fourth-order valence-electron chi connectivity index (χ4n) is 5.44. The average molecular weight is 497 g/mol. The molecule has 0 bridgehead atoms. The number of methoxy groups -OCH3 is 1. The predicted octanol–water partition coefficient (Wildman–Crippen LogP) is 4.30. The van der Waals surface area contributed by atoms with Gasteiger partial charge in [-0.2, -0.15) is 0 Å². The van der Waals surface area contributed by atoms with Crippen LogP contribution >= 0.6 is 0 Å². The highest BCUT2D eigenvalue weighted by Crippen LogP contribution is 2.47. The summed E-state index contributed by atoms with van der Waals surface area (Å²) in [4.78, 5) is 29.8. The maximum absolute atomic E-state index is 13.0. The number of fused-ring (bicyclic) bond motifs is 1. The van der Waals surface area contributed by atoms with E-state index >= 15 is 0 Å². The Morgan fingerprint density at radius 3 is 2.33 bits per heavy atom. The number of likely N-dealkylation sites (tertiary alicyclic amines) is 1. The van der Waals surface area contributed by atoms with Crippen molar-refractivity contribution < 1.29 is 28.9 Å². The van der Waals surface area contributed by atoms with Gasteiger partial charge in [-0.25, -0.2) is 0 Å². The topological polar surface area (TPSA) is 88.5 Å². The molecule has 0 aliphatic carbocycles. The van der Waals surface area contributed by atoms with Gasteiger partial charge in [0.1, 0.15) is 5.75 Å². The van der Waals surface area contributed by atoms with Crippen LogP contribution in [0.15, 0.2) is 42.5 Å². The SMILES string of the molecule is CCCN(CCC)C(=O)CCN1C[C@H](c2ccc3c(c2)OCO3)[C@H](C(=O)O)[C@H]1c1ccc(OC)cc1. The molecule has 194 valence electrons. The Bertz CT molecular complexity index is 1050. The smallest absolute Gasteiger partial charge is 0.309 e. The van der Waals surface area contributed by atoms with Crippen LogP contribution < -0.4 is 14.2 Å². The van der Waals surface area contributed by atoms with Crippen molar-refractivity contribution in [3.05, 3.63) is 53.6 Å². The third-order valence-corrected chi connectivity index (χ3v) is 7.12. The maximum atomic E-state index is 13.0. The standard InChI is InChI=1S/C28H36N2O6/c1-4-13-29(14-5-2)25(31)12-15-30-17-22(20-8-11-23-24(16-20)36-18-35-23)26(28(32)33)27(30)19-6-9-21(34-3)10-7-19/h6-11,16,22,26-27H,4-5,12-15,17-18H2,1-3H3,(H,32,33)/t22-,26+,27-/m1/s1. The molecule has 4 rings (SSSR count). The lowest BCUT2D eigenvalue weighted by Crippen LogP contribution is -2.36. The summed E-state index contributed by atoms with van der Waals surface area (Å²) in [6.07, 6.45) is 2.18. The molecule has 2 aromatic carbocycles. The first-order chi connectivity index (χ1) is 17.5. The highest BCUT2D eigenvalue weighted by atomic mass is 16.7. The Morgan fingerprint density at radius 1 is 1.03 bits per heavy atom. The second-order valence-corrected chi connectivity index (χ2v) is 9.43. The van der Waals surface area contributed by atoms with Gasteiger partial charge in [-0.1, -0.05) is 32.0 Å². The minimum Gasteiger partial charge on any atom is -0.497 e. The van der Waals surface area contributed by atoms with E-state index in [2.05, 4.69) is 18.7 Å². The van der Waals surface area contributed by atoms with Crippen molar-refractivity contribution >= 4 is 11.9 Å². The van der Waals surface area contributed by atoms with E-state index in [1.807, 2.05) is 47.4 Å². The highest BCUT2D eigenvalue weighted by Gasteiger charge is 2.47. The summed E-state index contributed by atoms with van der Waals surface area (Å²) in [5.74, 6) is 0.340. The van der Waals surface area contributed by atoms with E-state index < -0.39 is 11.9 Å². The Morgan fingerprint density at radius 2 is 1.69 bits per heavy atom. The van der Waals surface area contributed by atoms with Gasteiger partial charge in [0.15, 0.2) is 11.5 Å². The lowest BCUT2D eigenvalue weighted by atomic mass is 9.82. The molecule has 36 heavy (non-hydrogen) atoms. The number of carbonyl (C=O) groups excluding carboxylic acids is 1. The second kappa shape index (κ2) is 11.6. The van der Waals surface area contributed by atoms with E-state index in [1.54, 1.807) is 7.11 Å². The van der Waals surface area contributed by atoms with Gasteiger partial charge in [0, 0.05) is 44.6 Å². The van der Waals surface area contributed by atoms with Crippen LogP contribution in [0, 0.1) is 5.92 Å². The first-order valence-electron chi connectivity index (χ1n) is 12.7. The summed E-state index contributed by atoms with van der Waals surface area (Å²) in [5.41, 5.74) is 1.80. The lowest BCUT2D eigenvalue weighted by molar-refractivity contribution is -0.143. The minimum atomic E-state index is -0.856. The number of carbonyl (C=O) groups is 2. The molecule has 2 aromatic rings. The second-order valence-electron chi connectivity index (χ2n) is 9.43. The van der Waals surface area contributed by atoms with E-state index in [9.17, 15) is 14.7 Å². The number of aliphatic carboxylic acids is 1. The summed E-state index contributed by atoms with van der Waals surface area (Å²) < 4.78 is 16.3. The van der Waals surface area contributed by atoms with Gasteiger partial charge in [0.25, 0.3) is 0 Å². The van der Waals surface area contributed by atoms with Crippen molar-refractivity contribution in [3.8, 4) is 17.2 Å².